The summed E-state index contributed by atoms with van der Waals surface area (Å²) in [7, 11) is 3.17. The molecule has 3 N–H and O–H groups in total. The van der Waals surface area contributed by atoms with Crippen LogP contribution in [-0.2, 0) is 6.54 Å². The van der Waals surface area contributed by atoms with Crippen molar-refractivity contribution in [1.82, 2.24) is 10.2 Å². The van der Waals surface area contributed by atoms with Crippen molar-refractivity contribution in [2.75, 3.05) is 19.5 Å². The van der Waals surface area contributed by atoms with Crippen LogP contribution >= 0.6 is 0 Å². The number of anilines is 1. The number of aromatic nitrogens is 2. The van der Waals surface area contributed by atoms with E-state index in [1.165, 1.54) is 0 Å². The van der Waals surface area contributed by atoms with Gasteiger partial charge in [0.15, 0.2) is 5.82 Å². The average Bonchev–Trinajstić information content (AvgIpc) is 2.53. The van der Waals surface area contributed by atoms with Gasteiger partial charge in [-0.25, -0.2) is 0 Å². The molecule has 7 nitrogen and oxygen atoms in total. The molecule has 22 heavy (non-hydrogen) atoms. The van der Waals surface area contributed by atoms with Gasteiger partial charge in [-0.1, -0.05) is 0 Å². The first-order chi connectivity index (χ1) is 10.5. The molecule has 0 saturated heterocycles. The number of nitrogens with one attached hydrogen (secondary N) is 1. The minimum atomic E-state index is -0.554. The molecule has 0 bridgehead atoms. The van der Waals surface area contributed by atoms with Crippen molar-refractivity contribution in [3.05, 3.63) is 41.1 Å². The highest BCUT2D eigenvalue weighted by molar-refractivity contribution is 5.97. The van der Waals surface area contributed by atoms with E-state index in [4.69, 9.17) is 15.2 Å². The van der Waals surface area contributed by atoms with Gasteiger partial charge in [-0.15, -0.1) is 5.10 Å². The summed E-state index contributed by atoms with van der Waals surface area (Å²) < 4.78 is 10.5. The maximum absolute atomic E-state index is 11.5. The van der Waals surface area contributed by atoms with Gasteiger partial charge in [-0.05, 0) is 25.1 Å². The molecule has 2 aromatic rings. The number of carbonyl (C=O) groups excluding carboxylic acids is 1. The monoisotopic (exact) mass is 302 g/mol. The number of carbonyl (C=O) groups is 1. The number of hydrogen-bond acceptors (Lipinski definition) is 6. The molecule has 0 unspecified atom stereocenters. The fourth-order valence-corrected chi connectivity index (χ4v) is 1.98. The van der Waals surface area contributed by atoms with Gasteiger partial charge in [0.2, 0.25) is 0 Å². The topological polar surface area (TPSA) is 99.4 Å². The zero-order chi connectivity index (χ0) is 16.1. The van der Waals surface area contributed by atoms with E-state index in [2.05, 4.69) is 15.5 Å². The average molecular weight is 302 g/mol. The summed E-state index contributed by atoms with van der Waals surface area (Å²) in [6.45, 7) is 2.15. The first kappa shape index (κ1) is 15.6. The van der Waals surface area contributed by atoms with E-state index < -0.39 is 5.91 Å². The number of hydrogen-bond donors (Lipinski definition) is 2. The minimum absolute atomic E-state index is 0.306. The fraction of sp³-hybridized carbons (Fsp3) is 0.267. The quantitative estimate of drug-likeness (QED) is 0.839. The van der Waals surface area contributed by atoms with Crippen LogP contribution in [0.2, 0.25) is 0 Å². The van der Waals surface area contributed by atoms with Crippen LogP contribution in [0.3, 0.4) is 0 Å². The van der Waals surface area contributed by atoms with E-state index in [1.807, 2.05) is 12.1 Å². The molecule has 0 aliphatic rings. The molecular formula is C15H18N4O3. The number of benzene rings is 1. The SMILES string of the molecule is COc1ccc(CNc2nnc(C)cc2C(N)=O)c(OC)c1. The summed E-state index contributed by atoms with van der Waals surface area (Å²) in [6, 6.07) is 7.08. The highest BCUT2D eigenvalue weighted by atomic mass is 16.5. The van der Waals surface area contributed by atoms with Gasteiger partial charge in [0.25, 0.3) is 5.91 Å². The fourth-order valence-electron chi connectivity index (χ4n) is 1.98. The Labute approximate surface area is 128 Å². The molecule has 1 heterocycles. The van der Waals surface area contributed by atoms with Gasteiger partial charge < -0.3 is 20.5 Å². The van der Waals surface area contributed by atoms with Crippen LogP contribution in [0.5, 0.6) is 11.5 Å². The molecule has 0 atom stereocenters. The molecule has 0 spiro atoms. The van der Waals surface area contributed by atoms with Crippen molar-refractivity contribution in [3.8, 4) is 11.5 Å². The van der Waals surface area contributed by atoms with Crippen LogP contribution in [0.15, 0.2) is 24.3 Å². The Morgan fingerprint density at radius 1 is 1.23 bits per heavy atom. The van der Waals surface area contributed by atoms with Gasteiger partial charge in [0.1, 0.15) is 11.5 Å². The Morgan fingerprint density at radius 3 is 2.64 bits per heavy atom. The smallest absolute Gasteiger partial charge is 0.252 e. The zero-order valence-corrected chi connectivity index (χ0v) is 12.7. The molecule has 0 radical (unpaired) electrons. The highest BCUT2D eigenvalue weighted by Crippen LogP contribution is 2.25. The van der Waals surface area contributed by atoms with E-state index in [0.717, 1.165) is 5.56 Å². The van der Waals surface area contributed by atoms with E-state index in [1.54, 1.807) is 33.3 Å². The van der Waals surface area contributed by atoms with Crippen molar-refractivity contribution < 1.29 is 14.3 Å². The number of rotatable bonds is 6. The number of ether oxygens (including phenoxy) is 2. The third-order valence-corrected chi connectivity index (χ3v) is 3.12. The Kier molecular flexibility index (Phi) is 4.77. The van der Waals surface area contributed by atoms with Crippen LogP contribution in [0.4, 0.5) is 5.82 Å². The third-order valence-electron chi connectivity index (χ3n) is 3.12. The van der Waals surface area contributed by atoms with Crippen molar-refractivity contribution in [3.63, 3.8) is 0 Å². The van der Waals surface area contributed by atoms with Gasteiger partial charge in [-0.3, -0.25) is 4.79 Å². The first-order valence-electron chi connectivity index (χ1n) is 6.64. The number of nitrogens with two attached hydrogens (primary N) is 1. The second-order valence-electron chi connectivity index (χ2n) is 4.64. The maximum Gasteiger partial charge on any atom is 0.252 e. The Hall–Kier alpha value is -2.83. The van der Waals surface area contributed by atoms with E-state index >= 15 is 0 Å². The van der Waals surface area contributed by atoms with Crippen LogP contribution in [0.25, 0.3) is 0 Å². The van der Waals surface area contributed by atoms with Gasteiger partial charge >= 0.3 is 0 Å². The predicted octanol–water partition coefficient (Wildman–Crippen LogP) is 1.51. The van der Waals surface area contributed by atoms with E-state index in [0.29, 0.717) is 35.1 Å². The largest absolute Gasteiger partial charge is 0.497 e. The summed E-state index contributed by atoms with van der Waals surface area (Å²) >= 11 is 0. The summed E-state index contributed by atoms with van der Waals surface area (Å²) in [5.41, 5.74) is 7.18. The number of aryl methyl sites for hydroxylation is 1. The van der Waals surface area contributed by atoms with Crippen LogP contribution in [0.1, 0.15) is 21.6 Å². The van der Waals surface area contributed by atoms with Gasteiger partial charge in [0, 0.05) is 18.2 Å². The maximum atomic E-state index is 11.5. The molecular weight excluding hydrogens is 284 g/mol. The van der Waals surface area contributed by atoms with Gasteiger partial charge in [0.05, 0.1) is 25.5 Å². The van der Waals surface area contributed by atoms with E-state index in [9.17, 15) is 4.79 Å². The summed E-state index contributed by atoms with van der Waals surface area (Å²) in [6.07, 6.45) is 0. The van der Waals surface area contributed by atoms with Crippen molar-refractivity contribution in [2.45, 2.75) is 13.5 Å². The second kappa shape index (κ2) is 6.75. The number of methoxy groups -OCH3 is 2. The number of primary amides is 1. The first-order valence-corrected chi connectivity index (χ1v) is 6.64. The zero-order valence-electron chi connectivity index (χ0n) is 12.7. The van der Waals surface area contributed by atoms with Crippen LogP contribution in [0, 0.1) is 6.92 Å². The molecule has 2 rings (SSSR count). The van der Waals surface area contributed by atoms with Crippen molar-refractivity contribution in [1.29, 1.82) is 0 Å². The lowest BCUT2D eigenvalue weighted by Gasteiger charge is -2.12. The summed E-state index contributed by atoms with van der Waals surface area (Å²) in [5, 5.41) is 11.0. The number of nitrogens with zero attached hydrogens (tertiary/aromatic N) is 2. The highest BCUT2D eigenvalue weighted by Gasteiger charge is 2.12. The molecule has 0 aliphatic heterocycles. The normalized spacial score (nSPS) is 10.1. The number of amides is 1. The molecule has 1 amide bonds. The Morgan fingerprint density at radius 2 is 2.00 bits per heavy atom. The molecule has 116 valence electrons. The molecule has 0 saturated carbocycles. The summed E-state index contributed by atoms with van der Waals surface area (Å²) in [5.74, 6) is 1.17. The summed E-state index contributed by atoms with van der Waals surface area (Å²) in [4.78, 5) is 11.5. The molecule has 0 aliphatic carbocycles. The standard InChI is InChI=1S/C15H18N4O3/c1-9-6-12(14(16)20)15(19-18-9)17-8-10-4-5-11(21-2)7-13(10)22-3/h4-7H,8H2,1-3H3,(H2,16,20)(H,17,19). The molecule has 1 aromatic carbocycles. The third kappa shape index (κ3) is 3.43. The Balaban J connectivity index is 2.22. The van der Waals surface area contributed by atoms with Crippen molar-refractivity contribution >= 4 is 11.7 Å². The lowest BCUT2D eigenvalue weighted by atomic mass is 10.1. The minimum Gasteiger partial charge on any atom is -0.497 e. The van der Waals surface area contributed by atoms with Crippen molar-refractivity contribution in [2.24, 2.45) is 5.73 Å². The lowest BCUT2D eigenvalue weighted by Crippen LogP contribution is -2.16. The second-order valence-corrected chi connectivity index (χ2v) is 4.64. The van der Waals surface area contributed by atoms with Gasteiger partial charge in [-0.2, -0.15) is 5.10 Å². The predicted molar refractivity (Wildman–Crippen MR) is 82.2 cm³/mol. The molecule has 7 heteroatoms. The lowest BCUT2D eigenvalue weighted by molar-refractivity contribution is 0.100. The molecule has 0 fully saturated rings. The molecule has 1 aromatic heterocycles. The van der Waals surface area contributed by atoms with Crippen LogP contribution < -0.4 is 20.5 Å². The Bertz CT molecular complexity index is 688. The van der Waals surface area contributed by atoms with E-state index in [-0.39, 0.29) is 0 Å². The van der Waals surface area contributed by atoms with Crippen LogP contribution in [-0.4, -0.2) is 30.3 Å².